The van der Waals surface area contributed by atoms with E-state index >= 15 is 0 Å². The highest BCUT2D eigenvalue weighted by molar-refractivity contribution is 7.99. The number of rotatable bonds is 10. The van der Waals surface area contributed by atoms with Crippen LogP contribution in [0.25, 0.3) is 0 Å². The predicted molar refractivity (Wildman–Crippen MR) is 117 cm³/mol. The second-order valence-electron chi connectivity index (χ2n) is 7.42. The minimum absolute atomic E-state index is 0.00501. The van der Waals surface area contributed by atoms with Gasteiger partial charge in [0.2, 0.25) is 11.1 Å². The van der Waals surface area contributed by atoms with Crippen LogP contribution in [0.1, 0.15) is 37.4 Å². The van der Waals surface area contributed by atoms with Gasteiger partial charge in [-0.05, 0) is 46.0 Å². The third-order valence-electron chi connectivity index (χ3n) is 4.57. The zero-order valence-electron chi connectivity index (χ0n) is 17.5. The van der Waals surface area contributed by atoms with E-state index in [1.54, 1.807) is 11.8 Å². The van der Waals surface area contributed by atoms with Crippen molar-refractivity contribution >= 4 is 17.7 Å². The Balaban J connectivity index is 1.58. The number of methoxy groups -OCH3 is 1. The summed E-state index contributed by atoms with van der Waals surface area (Å²) < 4.78 is 6.88. The van der Waals surface area contributed by atoms with Crippen LogP contribution in [0.3, 0.4) is 0 Å². The number of ether oxygens (including phenoxy) is 1. The molecule has 3 aromatic rings. The average Bonchev–Trinajstić information content (AvgIpc) is 3.19. The van der Waals surface area contributed by atoms with E-state index < -0.39 is 0 Å². The Kier molecular flexibility index (Phi) is 7.84. The molecule has 0 aliphatic rings. The first-order valence-electron chi connectivity index (χ1n) is 9.91. The molecule has 1 heterocycles. The molecule has 0 saturated heterocycles. The molecule has 0 radical (unpaired) electrons. The molecule has 3 rings (SSSR count). The Morgan fingerprint density at radius 1 is 1.13 bits per heavy atom. The summed E-state index contributed by atoms with van der Waals surface area (Å²) in [6.07, 6.45) is 0.885. The normalized spacial score (nSPS) is 12.0. The van der Waals surface area contributed by atoms with Crippen molar-refractivity contribution in [3.63, 3.8) is 0 Å². The van der Waals surface area contributed by atoms with Crippen LogP contribution in [0.15, 0.2) is 59.8 Å². The summed E-state index contributed by atoms with van der Waals surface area (Å²) in [5.74, 6) is 1.49. The molecule has 7 nitrogen and oxygen atoms in total. The van der Waals surface area contributed by atoms with Crippen molar-refractivity contribution in [3.05, 3.63) is 65.7 Å². The van der Waals surface area contributed by atoms with Crippen molar-refractivity contribution in [3.8, 4) is 5.75 Å². The summed E-state index contributed by atoms with van der Waals surface area (Å²) in [6, 6.07) is 17.8. The van der Waals surface area contributed by atoms with Crippen molar-refractivity contribution in [2.75, 3.05) is 12.9 Å². The van der Waals surface area contributed by atoms with E-state index in [2.05, 4.69) is 46.8 Å². The van der Waals surface area contributed by atoms with Gasteiger partial charge in [-0.15, -0.1) is 5.10 Å². The average molecular weight is 426 g/mol. The Morgan fingerprint density at radius 2 is 1.87 bits per heavy atom. The number of tetrazole rings is 1. The number of benzene rings is 2. The maximum absolute atomic E-state index is 12.6. The minimum atomic E-state index is -0.0338. The smallest absolute Gasteiger partial charge is 0.230 e. The predicted octanol–water partition coefficient (Wildman–Crippen LogP) is 3.73. The Labute approximate surface area is 181 Å². The lowest BCUT2D eigenvalue weighted by molar-refractivity contribution is -0.119. The van der Waals surface area contributed by atoms with Gasteiger partial charge < -0.3 is 10.1 Å². The molecule has 1 amide bonds. The number of nitrogens with zero attached hydrogens (tertiary/aromatic N) is 4. The maximum Gasteiger partial charge on any atom is 0.230 e. The third-order valence-corrected chi connectivity index (χ3v) is 5.52. The lowest BCUT2D eigenvalue weighted by Gasteiger charge is -2.21. The first kappa shape index (κ1) is 21.8. The van der Waals surface area contributed by atoms with E-state index in [4.69, 9.17) is 4.74 Å². The number of hydrogen-bond acceptors (Lipinski definition) is 6. The summed E-state index contributed by atoms with van der Waals surface area (Å²) in [4.78, 5) is 12.6. The number of nitrogens with one attached hydrogen (secondary N) is 1. The van der Waals surface area contributed by atoms with Gasteiger partial charge in [-0.1, -0.05) is 68.1 Å². The zero-order chi connectivity index (χ0) is 21.3. The Morgan fingerprint density at radius 3 is 2.53 bits per heavy atom. The number of thioether (sulfide) groups is 1. The molecule has 0 spiro atoms. The van der Waals surface area contributed by atoms with Gasteiger partial charge in [-0.2, -0.15) is 0 Å². The first-order chi connectivity index (χ1) is 14.5. The fourth-order valence-electron chi connectivity index (χ4n) is 3.10. The molecule has 2 aromatic carbocycles. The number of hydrogen-bond donors (Lipinski definition) is 1. The summed E-state index contributed by atoms with van der Waals surface area (Å²) in [7, 11) is 1.64. The fraction of sp³-hybridized carbons (Fsp3) is 0.364. The highest BCUT2D eigenvalue weighted by atomic mass is 32.2. The number of amides is 1. The molecule has 0 aliphatic heterocycles. The molecule has 30 heavy (non-hydrogen) atoms. The van der Waals surface area contributed by atoms with E-state index in [-0.39, 0.29) is 17.7 Å². The van der Waals surface area contributed by atoms with Crippen LogP contribution in [0.4, 0.5) is 0 Å². The lowest BCUT2D eigenvalue weighted by Crippen LogP contribution is -2.31. The standard InChI is InChI=1S/C22H27N5O2S/c1-16(2)13-20(18-7-5-4-6-8-18)23-21(28)15-30-22-24-25-26-27(22)14-17-9-11-19(29-3)12-10-17/h4-12,16,20H,13-15H2,1-3H3,(H,23,28). The second kappa shape index (κ2) is 10.8. The lowest BCUT2D eigenvalue weighted by atomic mass is 9.97. The molecule has 1 atom stereocenters. The minimum Gasteiger partial charge on any atom is -0.497 e. The summed E-state index contributed by atoms with van der Waals surface area (Å²) >= 11 is 1.33. The highest BCUT2D eigenvalue weighted by Gasteiger charge is 2.17. The van der Waals surface area contributed by atoms with Gasteiger partial charge in [0, 0.05) is 0 Å². The summed E-state index contributed by atoms with van der Waals surface area (Å²) in [5.41, 5.74) is 2.17. The monoisotopic (exact) mass is 425 g/mol. The van der Waals surface area contributed by atoms with Gasteiger partial charge >= 0.3 is 0 Å². The van der Waals surface area contributed by atoms with Crippen LogP contribution in [-0.2, 0) is 11.3 Å². The van der Waals surface area contributed by atoms with Crippen molar-refractivity contribution in [2.45, 2.75) is 38.0 Å². The third kappa shape index (κ3) is 6.32. The van der Waals surface area contributed by atoms with Crippen LogP contribution in [0, 0.1) is 5.92 Å². The maximum atomic E-state index is 12.6. The summed E-state index contributed by atoms with van der Waals surface area (Å²) in [6.45, 7) is 4.84. The van der Waals surface area contributed by atoms with Gasteiger partial charge in [0.05, 0.1) is 25.4 Å². The highest BCUT2D eigenvalue weighted by Crippen LogP contribution is 2.22. The van der Waals surface area contributed by atoms with Gasteiger partial charge in [0.15, 0.2) is 0 Å². The molecule has 0 fully saturated rings. The molecular weight excluding hydrogens is 398 g/mol. The summed E-state index contributed by atoms with van der Waals surface area (Å²) in [5, 5.41) is 15.6. The van der Waals surface area contributed by atoms with Gasteiger partial charge in [0.1, 0.15) is 5.75 Å². The topological polar surface area (TPSA) is 81.9 Å². The van der Waals surface area contributed by atoms with E-state index in [1.807, 2.05) is 42.5 Å². The Bertz CT molecular complexity index is 928. The van der Waals surface area contributed by atoms with Gasteiger partial charge in [-0.3, -0.25) is 4.79 Å². The van der Waals surface area contributed by atoms with Crippen molar-refractivity contribution in [1.82, 2.24) is 25.5 Å². The van der Waals surface area contributed by atoms with E-state index in [1.165, 1.54) is 11.8 Å². The van der Waals surface area contributed by atoms with Crippen LogP contribution in [0.2, 0.25) is 0 Å². The van der Waals surface area contributed by atoms with Gasteiger partial charge in [0.25, 0.3) is 0 Å². The van der Waals surface area contributed by atoms with Crippen molar-refractivity contribution in [1.29, 1.82) is 0 Å². The van der Waals surface area contributed by atoms with Crippen LogP contribution in [0.5, 0.6) is 5.75 Å². The molecule has 1 aromatic heterocycles. The molecule has 1 unspecified atom stereocenters. The van der Waals surface area contributed by atoms with Crippen molar-refractivity contribution < 1.29 is 9.53 Å². The van der Waals surface area contributed by atoms with E-state index in [0.29, 0.717) is 17.6 Å². The molecule has 0 bridgehead atoms. The fourth-order valence-corrected chi connectivity index (χ4v) is 3.79. The number of carbonyl (C=O) groups excluding carboxylic acids is 1. The molecule has 8 heteroatoms. The van der Waals surface area contributed by atoms with Crippen molar-refractivity contribution in [2.24, 2.45) is 5.92 Å². The van der Waals surface area contributed by atoms with E-state index in [9.17, 15) is 4.79 Å². The van der Waals surface area contributed by atoms with Crippen LogP contribution < -0.4 is 10.1 Å². The number of aromatic nitrogens is 4. The SMILES string of the molecule is COc1ccc(Cn2nnnc2SCC(=O)NC(CC(C)C)c2ccccc2)cc1. The first-order valence-corrected chi connectivity index (χ1v) is 10.9. The Hall–Kier alpha value is -2.87. The quantitative estimate of drug-likeness (QED) is 0.499. The van der Waals surface area contributed by atoms with E-state index in [0.717, 1.165) is 23.3 Å². The molecule has 0 saturated carbocycles. The largest absolute Gasteiger partial charge is 0.497 e. The molecule has 1 N–H and O–H groups in total. The zero-order valence-corrected chi connectivity index (χ0v) is 18.3. The number of carbonyl (C=O) groups is 1. The van der Waals surface area contributed by atoms with Crippen LogP contribution in [-0.4, -0.2) is 39.0 Å². The second-order valence-corrected chi connectivity index (χ2v) is 8.36. The molecule has 0 aliphatic carbocycles. The van der Waals surface area contributed by atoms with Crippen LogP contribution >= 0.6 is 11.8 Å². The molecule has 158 valence electrons. The van der Waals surface area contributed by atoms with Gasteiger partial charge in [-0.25, -0.2) is 4.68 Å². The molecular formula is C22H27N5O2S.